The Morgan fingerprint density at radius 1 is 1.53 bits per heavy atom. The highest BCUT2D eigenvalue weighted by molar-refractivity contribution is 5.16. The average Bonchev–Trinajstić information content (AvgIpc) is 2.79. The van der Waals surface area contributed by atoms with Gasteiger partial charge in [-0.3, -0.25) is 4.98 Å². The lowest BCUT2D eigenvalue weighted by molar-refractivity contribution is 0.411. The van der Waals surface area contributed by atoms with Crippen molar-refractivity contribution in [3.8, 4) is 0 Å². The molecule has 3 nitrogen and oxygen atoms in total. The molecule has 0 aromatic carbocycles. The first-order valence-electron chi connectivity index (χ1n) is 6.51. The summed E-state index contributed by atoms with van der Waals surface area (Å²) in [6.07, 6.45) is 6.34. The molecule has 0 amide bonds. The van der Waals surface area contributed by atoms with Crippen molar-refractivity contribution in [3.63, 3.8) is 0 Å². The molecule has 1 aliphatic heterocycles. The van der Waals surface area contributed by atoms with Gasteiger partial charge in [0.15, 0.2) is 0 Å². The average molecular weight is 235 g/mol. The maximum atomic E-state index is 4.14. The van der Waals surface area contributed by atoms with Crippen LogP contribution in [-0.4, -0.2) is 43.6 Å². The molecule has 3 heteroatoms. The second-order valence-electron chi connectivity index (χ2n) is 4.64. The van der Waals surface area contributed by atoms with Crippen LogP contribution in [0, 0.1) is 0 Å². The van der Waals surface area contributed by atoms with E-state index in [0.29, 0.717) is 5.92 Å². The van der Waals surface area contributed by atoms with E-state index >= 15 is 0 Å². The van der Waals surface area contributed by atoms with Gasteiger partial charge in [0.05, 0.1) is 0 Å². The minimum Gasteiger partial charge on any atom is -0.320 e. The van der Waals surface area contributed by atoms with Crippen molar-refractivity contribution in [2.45, 2.75) is 25.7 Å². The summed E-state index contributed by atoms with van der Waals surface area (Å²) in [5.41, 5.74) is 1.39. The molecule has 1 aromatic heterocycles. The molecule has 0 bridgehead atoms. The van der Waals surface area contributed by atoms with Gasteiger partial charge in [-0.2, -0.15) is 0 Å². The molecule has 2 rings (SSSR count). The van der Waals surface area contributed by atoms with Crippen molar-refractivity contribution >= 4 is 0 Å². The van der Waals surface area contributed by atoms with Gasteiger partial charge in [-0.15, -0.1) is 0 Å². The van der Waals surface area contributed by atoms with E-state index in [1.54, 1.807) is 0 Å². The highest BCUT2D eigenvalue weighted by Gasteiger charge is 2.20. The lowest BCUT2D eigenvalue weighted by Crippen LogP contribution is -2.13. The molecule has 1 unspecified atom stereocenters. The first-order chi connectivity index (χ1) is 8.27. The van der Waals surface area contributed by atoms with E-state index in [1.165, 1.54) is 31.5 Å². The third-order valence-corrected chi connectivity index (χ3v) is 3.05. The molecule has 17 heavy (non-hydrogen) atoms. The molecule has 1 aromatic rings. The molecule has 1 atom stereocenters. The molecule has 1 N–H and O–H groups in total. The van der Waals surface area contributed by atoms with Crippen LogP contribution in [0.4, 0.5) is 0 Å². The molecular formula is C14H25N3. The maximum absolute atomic E-state index is 4.14. The van der Waals surface area contributed by atoms with E-state index in [-0.39, 0.29) is 0 Å². The summed E-state index contributed by atoms with van der Waals surface area (Å²) < 4.78 is 0. The summed E-state index contributed by atoms with van der Waals surface area (Å²) in [6, 6.07) is 4.20. The molecule has 1 saturated heterocycles. The van der Waals surface area contributed by atoms with Crippen LogP contribution < -0.4 is 5.32 Å². The van der Waals surface area contributed by atoms with E-state index in [1.807, 2.05) is 25.5 Å². The standard InChI is InChI=1S/C10H14N2.C4H11N/c1-12-6-4-10(8-12)9-3-2-5-11-7-9;1-3-4-5-2/h2-3,5,7,10H,4,6,8H2,1H3;5H,3-4H2,1-2H3. The molecule has 0 spiro atoms. The summed E-state index contributed by atoms with van der Waals surface area (Å²) in [5, 5.41) is 3.02. The molecule has 0 saturated carbocycles. The number of rotatable bonds is 3. The van der Waals surface area contributed by atoms with Gasteiger partial charge in [-0.1, -0.05) is 13.0 Å². The zero-order chi connectivity index (χ0) is 12.5. The van der Waals surface area contributed by atoms with Crippen LogP contribution in [0.25, 0.3) is 0 Å². The monoisotopic (exact) mass is 235 g/mol. The van der Waals surface area contributed by atoms with Crippen molar-refractivity contribution in [3.05, 3.63) is 30.1 Å². The van der Waals surface area contributed by atoms with Crippen LogP contribution in [0.1, 0.15) is 31.2 Å². The Bertz CT molecular complexity index is 285. The van der Waals surface area contributed by atoms with E-state index in [4.69, 9.17) is 0 Å². The van der Waals surface area contributed by atoms with Crippen molar-refractivity contribution in [2.75, 3.05) is 33.7 Å². The zero-order valence-corrected chi connectivity index (χ0v) is 11.3. The minimum absolute atomic E-state index is 0.712. The first kappa shape index (κ1) is 14.1. The van der Waals surface area contributed by atoms with E-state index in [9.17, 15) is 0 Å². The summed E-state index contributed by atoms with van der Waals surface area (Å²) in [6.45, 7) is 5.70. The van der Waals surface area contributed by atoms with E-state index < -0.39 is 0 Å². The highest BCUT2D eigenvalue weighted by atomic mass is 15.1. The lowest BCUT2D eigenvalue weighted by atomic mass is 10.0. The Hall–Kier alpha value is -0.930. The van der Waals surface area contributed by atoms with Crippen LogP contribution in [0.5, 0.6) is 0 Å². The van der Waals surface area contributed by atoms with Gasteiger partial charge in [0.25, 0.3) is 0 Å². The van der Waals surface area contributed by atoms with Crippen molar-refractivity contribution in [1.29, 1.82) is 0 Å². The Kier molecular flexibility index (Phi) is 6.82. The molecule has 0 aliphatic carbocycles. The predicted octanol–water partition coefficient (Wildman–Crippen LogP) is 2.12. The fraction of sp³-hybridized carbons (Fsp3) is 0.643. The molecule has 0 radical (unpaired) electrons. The number of pyridine rings is 1. The molecular weight excluding hydrogens is 210 g/mol. The first-order valence-corrected chi connectivity index (χ1v) is 6.51. The highest BCUT2D eigenvalue weighted by Crippen LogP contribution is 2.24. The van der Waals surface area contributed by atoms with E-state index in [2.05, 4.69) is 35.2 Å². The minimum atomic E-state index is 0.712. The lowest BCUT2D eigenvalue weighted by Gasteiger charge is -2.09. The molecule has 1 aliphatic rings. The number of likely N-dealkylation sites (N-methyl/N-ethyl adjacent to an activating group) is 1. The van der Waals surface area contributed by atoms with Crippen LogP contribution >= 0.6 is 0 Å². The predicted molar refractivity (Wildman–Crippen MR) is 73.3 cm³/mol. The van der Waals surface area contributed by atoms with Gasteiger partial charge >= 0.3 is 0 Å². The van der Waals surface area contributed by atoms with E-state index in [0.717, 1.165) is 6.54 Å². The quantitative estimate of drug-likeness (QED) is 0.870. The number of nitrogens with one attached hydrogen (secondary N) is 1. The molecule has 2 heterocycles. The van der Waals surface area contributed by atoms with Crippen molar-refractivity contribution in [1.82, 2.24) is 15.2 Å². The van der Waals surface area contributed by atoms with Gasteiger partial charge in [-0.05, 0) is 57.6 Å². The number of hydrogen-bond acceptors (Lipinski definition) is 3. The van der Waals surface area contributed by atoms with Crippen molar-refractivity contribution in [2.24, 2.45) is 0 Å². The Morgan fingerprint density at radius 3 is 2.76 bits per heavy atom. The third-order valence-electron chi connectivity index (χ3n) is 3.05. The van der Waals surface area contributed by atoms with Crippen LogP contribution in [0.3, 0.4) is 0 Å². The summed E-state index contributed by atoms with van der Waals surface area (Å²) >= 11 is 0. The number of nitrogens with zero attached hydrogens (tertiary/aromatic N) is 2. The fourth-order valence-corrected chi connectivity index (χ4v) is 2.07. The zero-order valence-electron chi connectivity index (χ0n) is 11.3. The summed E-state index contributed by atoms with van der Waals surface area (Å²) in [4.78, 5) is 6.51. The third kappa shape index (κ3) is 5.29. The van der Waals surface area contributed by atoms with Gasteiger partial charge < -0.3 is 10.2 Å². The topological polar surface area (TPSA) is 28.2 Å². The van der Waals surface area contributed by atoms with Crippen molar-refractivity contribution < 1.29 is 0 Å². The molecule has 96 valence electrons. The van der Waals surface area contributed by atoms with Crippen LogP contribution in [0.2, 0.25) is 0 Å². The summed E-state index contributed by atoms with van der Waals surface area (Å²) in [5.74, 6) is 0.712. The maximum Gasteiger partial charge on any atom is 0.0303 e. The van der Waals surface area contributed by atoms with Gasteiger partial charge in [0.2, 0.25) is 0 Å². The summed E-state index contributed by atoms with van der Waals surface area (Å²) in [7, 11) is 4.14. The Labute approximate surface area is 105 Å². The number of aromatic nitrogens is 1. The number of likely N-dealkylation sites (tertiary alicyclic amines) is 1. The second kappa shape index (κ2) is 8.20. The normalized spacial score (nSPS) is 19.8. The van der Waals surface area contributed by atoms with Gasteiger partial charge in [0.1, 0.15) is 0 Å². The Morgan fingerprint density at radius 2 is 2.35 bits per heavy atom. The van der Waals surface area contributed by atoms with Gasteiger partial charge in [0, 0.05) is 18.9 Å². The second-order valence-corrected chi connectivity index (χ2v) is 4.64. The van der Waals surface area contributed by atoms with Gasteiger partial charge in [-0.25, -0.2) is 0 Å². The van der Waals surface area contributed by atoms with Crippen LogP contribution in [0.15, 0.2) is 24.5 Å². The SMILES string of the molecule is CCCNC.CN1CCC(c2cccnc2)C1. The smallest absolute Gasteiger partial charge is 0.0303 e. The number of hydrogen-bond donors (Lipinski definition) is 1. The van der Waals surface area contributed by atoms with Crippen LogP contribution in [-0.2, 0) is 0 Å². The fourth-order valence-electron chi connectivity index (χ4n) is 2.07. The Balaban J connectivity index is 0.000000249. The molecule has 1 fully saturated rings. The largest absolute Gasteiger partial charge is 0.320 e.